The molecule has 172 valence electrons. The van der Waals surface area contributed by atoms with Gasteiger partial charge in [-0.1, -0.05) is 18.2 Å². The number of nitrogens with one attached hydrogen (secondary N) is 1. The van der Waals surface area contributed by atoms with Crippen molar-refractivity contribution in [1.29, 1.82) is 0 Å². The van der Waals surface area contributed by atoms with Crippen LogP contribution in [0.4, 0.5) is 17.2 Å². The Hall–Kier alpha value is -3.58. The summed E-state index contributed by atoms with van der Waals surface area (Å²) in [5, 5.41) is 2.90. The van der Waals surface area contributed by atoms with E-state index in [1.807, 2.05) is 18.2 Å². The van der Waals surface area contributed by atoms with Crippen molar-refractivity contribution in [2.45, 2.75) is 6.54 Å². The molecule has 1 aliphatic rings. The fourth-order valence-corrected chi connectivity index (χ4v) is 3.91. The Balaban J connectivity index is 1.28. The minimum atomic E-state index is -0.185. The van der Waals surface area contributed by atoms with Gasteiger partial charge in [-0.2, -0.15) is 0 Å². The van der Waals surface area contributed by atoms with Crippen molar-refractivity contribution in [1.82, 2.24) is 9.88 Å². The minimum Gasteiger partial charge on any atom is -0.497 e. The van der Waals surface area contributed by atoms with E-state index in [9.17, 15) is 4.79 Å². The molecule has 1 saturated heterocycles. The number of methoxy groups -OCH3 is 1. The van der Waals surface area contributed by atoms with Crippen LogP contribution in [0.15, 0.2) is 66.9 Å². The highest BCUT2D eigenvalue weighted by Gasteiger charge is 2.18. The van der Waals surface area contributed by atoms with Gasteiger partial charge >= 0.3 is 0 Å². The standard InChI is InChI=1S/C26H31N5O2/c1-29(2)23-10-7-20(8-11-23)19-30-13-15-31(16-14-30)25-12-9-22(18-27-25)28-26(32)21-5-4-6-24(17-21)33-3/h4-12,17-18H,13-16,19H2,1-3H3,(H,28,32). The number of nitrogens with zero attached hydrogens (tertiary/aromatic N) is 4. The number of piperazine rings is 1. The van der Waals surface area contributed by atoms with Crippen LogP contribution in [0.1, 0.15) is 15.9 Å². The molecule has 1 N–H and O–H groups in total. The largest absolute Gasteiger partial charge is 0.497 e. The van der Waals surface area contributed by atoms with Gasteiger partial charge in [-0.05, 0) is 48.0 Å². The van der Waals surface area contributed by atoms with E-state index in [0.29, 0.717) is 17.0 Å². The molecule has 0 saturated carbocycles. The topological polar surface area (TPSA) is 60.9 Å². The molecule has 3 aromatic rings. The van der Waals surface area contributed by atoms with Crippen LogP contribution in [0.3, 0.4) is 0 Å². The zero-order valence-corrected chi connectivity index (χ0v) is 19.5. The Morgan fingerprint density at radius 3 is 2.42 bits per heavy atom. The van der Waals surface area contributed by atoms with Crippen LogP contribution < -0.4 is 19.9 Å². The molecule has 0 unspecified atom stereocenters. The maximum Gasteiger partial charge on any atom is 0.255 e. The monoisotopic (exact) mass is 445 g/mol. The average Bonchev–Trinajstić information content (AvgIpc) is 2.85. The average molecular weight is 446 g/mol. The summed E-state index contributed by atoms with van der Waals surface area (Å²) in [6.45, 7) is 4.80. The van der Waals surface area contributed by atoms with Crippen molar-refractivity contribution >= 4 is 23.1 Å². The van der Waals surface area contributed by atoms with Crippen molar-refractivity contribution in [3.05, 3.63) is 78.0 Å². The Morgan fingerprint density at radius 2 is 1.79 bits per heavy atom. The summed E-state index contributed by atoms with van der Waals surface area (Å²) in [5.41, 5.74) is 3.78. The summed E-state index contributed by atoms with van der Waals surface area (Å²) in [5.74, 6) is 1.40. The second-order valence-electron chi connectivity index (χ2n) is 8.42. The van der Waals surface area contributed by atoms with Gasteiger partial charge in [0, 0.05) is 58.1 Å². The SMILES string of the molecule is COc1cccc(C(=O)Nc2ccc(N3CCN(Cc4ccc(N(C)C)cc4)CC3)nc2)c1. The van der Waals surface area contributed by atoms with E-state index in [0.717, 1.165) is 38.5 Å². The van der Waals surface area contributed by atoms with Gasteiger partial charge in [0.2, 0.25) is 0 Å². The fraction of sp³-hybridized carbons (Fsp3) is 0.308. The van der Waals surface area contributed by atoms with Crippen LogP contribution in [0.2, 0.25) is 0 Å². The molecule has 0 radical (unpaired) electrons. The Morgan fingerprint density at radius 1 is 1.03 bits per heavy atom. The summed E-state index contributed by atoms with van der Waals surface area (Å²) < 4.78 is 5.19. The summed E-state index contributed by atoms with van der Waals surface area (Å²) in [7, 11) is 5.70. The van der Waals surface area contributed by atoms with Crippen LogP contribution in [-0.2, 0) is 6.54 Å². The zero-order chi connectivity index (χ0) is 23.2. The van der Waals surface area contributed by atoms with Crippen LogP contribution in [0, 0.1) is 0 Å². The Kier molecular flexibility index (Phi) is 7.10. The third-order valence-electron chi connectivity index (χ3n) is 5.89. The predicted molar refractivity (Wildman–Crippen MR) is 133 cm³/mol. The molecule has 0 spiro atoms. The molecule has 1 fully saturated rings. The highest BCUT2D eigenvalue weighted by molar-refractivity contribution is 6.04. The zero-order valence-electron chi connectivity index (χ0n) is 19.5. The van der Waals surface area contributed by atoms with Crippen LogP contribution in [0.5, 0.6) is 5.75 Å². The molecule has 7 heteroatoms. The number of aromatic nitrogens is 1. The van der Waals surface area contributed by atoms with Gasteiger partial charge in [0.15, 0.2) is 0 Å². The van der Waals surface area contributed by atoms with Gasteiger partial charge in [-0.15, -0.1) is 0 Å². The molecule has 0 atom stereocenters. The lowest BCUT2D eigenvalue weighted by Crippen LogP contribution is -2.46. The molecule has 4 rings (SSSR count). The number of hydrogen-bond acceptors (Lipinski definition) is 6. The first-order valence-corrected chi connectivity index (χ1v) is 11.2. The lowest BCUT2D eigenvalue weighted by molar-refractivity contribution is 0.102. The van der Waals surface area contributed by atoms with E-state index in [1.165, 1.54) is 11.3 Å². The van der Waals surface area contributed by atoms with Gasteiger partial charge < -0.3 is 19.9 Å². The van der Waals surface area contributed by atoms with Crippen molar-refractivity contribution in [2.75, 3.05) is 62.5 Å². The number of anilines is 3. The second kappa shape index (κ2) is 10.4. The number of benzene rings is 2. The molecule has 2 aromatic carbocycles. The van der Waals surface area contributed by atoms with Crippen molar-refractivity contribution < 1.29 is 9.53 Å². The fourth-order valence-electron chi connectivity index (χ4n) is 3.91. The smallest absolute Gasteiger partial charge is 0.255 e. The van der Waals surface area contributed by atoms with Crippen LogP contribution in [-0.4, -0.2) is 63.2 Å². The van der Waals surface area contributed by atoms with E-state index in [4.69, 9.17) is 4.74 Å². The maximum absolute atomic E-state index is 12.5. The van der Waals surface area contributed by atoms with E-state index in [1.54, 1.807) is 31.5 Å². The van der Waals surface area contributed by atoms with Crippen molar-refractivity contribution in [3.8, 4) is 5.75 Å². The number of pyridine rings is 1. The molecule has 2 heterocycles. The quantitative estimate of drug-likeness (QED) is 0.598. The number of ether oxygens (including phenoxy) is 1. The molecule has 0 bridgehead atoms. The van der Waals surface area contributed by atoms with Gasteiger partial charge in [-0.25, -0.2) is 4.98 Å². The van der Waals surface area contributed by atoms with Gasteiger partial charge in [0.1, 0.15) is 11.6 Å². The Labute approximate surface area is 195 Å². The first-order valence-electron chi connectivity index (χ1n) is 11.2. The third kappa shape index (κ3) is 5.81. The maximum atomic E-state index is 12.5. The number of carbonyl (C=O) groups is 1. The molecule has 1 amide bonds. The first-order chi connectivity index (χ1) is 16.0. The van der Waals surface area contributed by atoms with Gasteiger partial charge in [0.25, 0.3) is 5.91 Å². The first kappa shape index (κ1) is 22.6. The molecule has 7 nitrogen and oxygen atoms in total. The van der Waals surface area contributed by atoms with Gasteiger partial charge in [-0.3, -0.25) is 9.69 Å². The van der Waals surface area contributed by atoms with E-state index >= 15 is 0 Å². The highest BCUT2D eigenvalue weighted by atomic mass is 16.5. The van der Waals surface area contributed by atoms with Crippen molar-refractivity contribution in [2.24, 2.45) is 0 Å². The molecular formula is C26H31N5O2. The summed E-state index contributed by atoms with van der Waals surface area (Å²) in [4.78, 5) is 24.0. The van der Waals surface area contributed by atoms with E-state index in [2.05, 4.69) is 63.4 Å². The normalized spacial score (nSPS) is 14.1. The number of hydrogen-bond donors (Lipinski definition) is 1. The number of carbonyl (C=O) groups excluding carboxylic acids is 1. The van der Waals surface area contributed by atoms with E-state index in [-0.39, 0.29) is 5.91 Å². The summed E-state index contributed by atoms with van der Waals surface area (Å²) in [6, 6.07) is 19.7. The lowest BCUT2D eigenvalue weighted by atomic mass is 10.1. The predicted octanol–water partition coefficient (Wildman–Crippen LogP) is 3.73. The highest BCUT2D eigenvalue weighted by Crippen LogP contribution is 2.19. The lowest BCUT2D eigenvalue weighted by Gasteiger charge is -2.35. The molecule has 1 aliphatic heterocycles. The molecule has 1 aromatic heterocycles. The molecular weight excluding hydrogens is 414 g/mol. The number of rotatable bonds is 7. The Bertz CT molecular complexity index is 1060. The second-order valence-corrected chi connectivity index (χ2v) is 8.42. The third-order valence-corrected chi connectivity index (χ3v) is 5.89. The molecule has 0 aliphatic carbocycles. The van der Waals surface area contributed by atoms with Crippen molar-refractivity contribution in [3.63, 3.8) is 0 Å². The minimum absolute atomic E-state index is 0.185. The van der Waals surface area contributed by atoms with Crippen LogP contribution >= 0.6 is 0 Å². The van der Waals surface area contributed by atoms with E-state index < -0.39 is 0 Å². The molecule has 33 heavy (non-hydrogen) atoms. The number of amides is 1. The summed E-state index contributed by atoms with van der Waals surface area (Å²) >= 11 is 0. The van der Waals surface area contributed by atoms with Gasteiger partial charge in [0.05, 0.1) is 19.0 Å². The van der Waals surface area contributed by atoms with Crippen LogP contribution in [0.25, 0.3) is 0 Å². The summed E-state index contributed by atoms with van der Waals surface area (Å²) in [6.07, 6.45) is 1.71.